The number of methoxy groups -OCH3 is 1. The molecule has 0 aliphatic carbocycles. The molecule has 0 spiro atoms. The maximum Gasteiger partial charge on any atom is 0.325 e. The van der Waals surface area contributed by atoms with E-state index < -0.39 is 18.0 Å². The summed E-state index contributed by atoms with van der Waals surface area (Å²) in [4.78, 5) is 28.4. The van der Waals surface area contributed by atoms with E-state index in [1.54, 1.807) is 18.2 Å². The van der Waals surface area contributed by atoms with Gasteiger partial charge in [0.15, 0.2) is 5.75 Å². The fourth-order valence-corrected chi connectivity index (χ4v) is 3.72. The number of benzene rings is 1. The van der Waals surface area contributed by atoms with Crippen molar-refractivity contribution >= 4 is 53.4 Å². The molecule has 1 aromatic carbocycles. The summed E-state index contributed by atoms with van der Waals surface area (Å²) in [6.45, 7) is 5.14. The third-order valence-corrected chi connectivity index (χ3v) is 5.71. The van der Waals surface area contributed by atoms with Crippen LogP contribution in [0.25, 0.3) is 0 Å². The van der Waals surface area contributed by atoms with Crippen LogP contribution in [0.1, 0.15) is 43.7 Å². The van der Waals surface area contributed by atoms with Gasteiger partial charge in [-0.05, 0) is 30.0 Å². The summed E-state index contributed by atoms with van der Waals surface area (Å²) in [6.07, 6.45) is 1.63. The van der Waals surface area contributed by atoms with Gasteiger partial charge in [-0.25, -0.2) is 4.98 Å². The Morgan fingerprint density at radius 1 is 1.21 bits per heavy atom. The van der Waals surface area contributed by atoms with E-state index >= 15 is 0 Å². The maximum atomic E-state index is 12.6. The number of carbonyl (C=O) groups is 2. The number of hydrogen-bond acceptors (Lipinski definition) is 8. The van der Waals surface area contributed by atoms with Crippen LogP contribution in [-0.4, -0.2) is 41.7 Å². The second-order valence-electron chi connectivity index (χ2n) is 7.62. The number of nitrogens with zero attached hydrogens (tertiary/aromatic N) is 1. The van der Waals surface area contributed by atoms with Gasteiger partial charge in [-0.1, -0.05) is 49.8 Å². The number of hydrogen-bond donors (Lipinski definition) is 2. The van der Waals surface area contributed by atoms with Crippen LogP contribution >= 0.6 is 36.4 Å². The number of ether oxygens (including phenoxy) is 3. The zero-order valence-corrected chi connectivity index (χ0v) is 21.3. The Balaban J connectivity index is 2.08. The van der Waals surface area contributed by atoms with Crippen molar-refractivity contribution in [3.63, 3.8) is 0 Å². The predicted octanol–water partition coefficient (Wildman–Crippen LogP) is 4.56. The minimum absolute atomic E-state index is 0.0780. The number of rotatable bonds is 10. The van der Waals surface area contributed by atoms with Gasteiger partial charge in [0, 0.05) is 24.2 Å². The molecule has 178 valence electrons. The summed E-state index contributed by atoms with van der Waals surface area (Å²) in [5, 5.41) is 3.11. The Kier molecular flexibility index (Phi) is 10.4. The molecule has 7 nitrogen and oxygen atoms in total. The second kappa shape index (κ2) is 12.8. The highest BCUT2D eigenvalue weighted by Gasteiger charge is 2.25. The normalized spacial score (nSPS) is 12.6. The van der Waals surface area contributed by atoms with E-state index in [0.717, 1.165) is 5.56 Å². The lowest BCUT2D eigenvalue weighted by atomic mass is 9.99. The molecule has 2 aromatic rings. The zero-order chi connectivity index (χ0) is 24.5. The van der Waals surface area contributed by atoms with E-state index in [-0.39, 0.29) is 34.1 Å². The molecule has 0 amide bonds. The molecule has 2 atom stereocenters. The monoisotopic (exact) mass is 510 g/mol. The number of aromatic nitrogens is 1. The number of esters is 2. The summed E-state index contributed by atoms with van der Waals surface area (Å²) in [5.41, 5.74) is 1.08. The average molecular weight is 511 g/mol. The number of halogens is 1. The molecule has 2 rings (SSSR count). The molecule has 10 heteroatoms. The SMILES string of the molecule is COc1ccnc(C(=S)NCC(=O)OC(CC(C)C)C(S)c2ccc(Cl)cc2)c1OC(C)=O. The third kappa shape index (κ3) is 8.17. The summed E-state index contributed by atoms with van der Waals surface area (Å²) in [5.74, 6) is -0.406. The Morgan fingerprint density at radius 2 is 1.88 bits per heavy atom. The van der Waals surface area contributed by atoms with Gasteiger partial charge >= 0.3 is 11.9 Å². The Hall–Kier alpha value is -2.36. The summed E-state index contributed by atoms with van der Waals surface area (Å²) < 4.78 is 16.2. The van der Waals surface area contributed by atoms with E-state index in [4.69, 9.17) is 50.7 Å². The minimum Gasteiger partial charge on any atom is -0.493 e. The van der Waals surface area contributed by atoms with Gasteiger partial charge in [-0.2, -0.15) is 12.6 Å². The van der Waals surface area contributed by atoms with Crippen molar-refractivity contribution in [1.29, 1.82) is 0 Å². The summed E-state index contributed by atoms with van der Waals surface area (Å²) >= 11 is 16.0. The average Bonchev–Trinajstić information content (AvgIpc) is 2.76. The fourth-order valence-electron chi connectivity index (χ4n) is 3.02. The smallest absolute Gasteiger partial charge is 0.325 e. The predicted molar refractivity (Wildman–Crippen MR) is 134 cm³/mol. The highest BCUT2D eigenvalue weighted by molar-refractivity contribution is 7.80. The van der Waals surface area contributed by atoms with Gasteiger partial charge in [0.05, 0.1) is 12.4 Å². The standard InChI is InChI=1S/C23H27ClN2O5S2/c1-13(2)11-18(22(32)15-5-7-16(24)8-6-15)31-19(28)12-26-23(33)20-21(30-14(3)27)17(29-4)9-10-25-20/h5-10,13,18,22,32H,11-12H2,1-4H3,(H,26,33). The fraction of sp³-hybridized carbons (Fsp3) is 0.391. The lowest BCUT2D eigenvalue weighted by Gasteiger charge is -2.25. The van der Waals surface area contributed by atoms with E-state index in [1.165, 1.54) is 20.2 Å². The minimum atomic E-state index is -0.552. The molecule has 1 N–H and O–H groups in total. The van der Waals surface area contributed by atoms with Gasteiger partial charge < -0.3 is 19.5 Å². The van der Waals surface area contributed by atoms with Gasteiger partial charge in [-0.3, -0.25) is 9.59 Å². The molecule has 1 aromatic heterocycles. The van der Waals surface area contributed by atoms with Crippen LogP contribution in [0, 0.1) is 5.92 Å². The first-order valence-corrected chi connectivity index (χ1v) is 11.5. The molecule has 0 aliphatic heterocycles. The molecule has 0 saturated carbocycles. The van der Waals surface area contributed by atoms with Crippen molar-refractivity contribution in [3.8, 4) is 11.5 Å². The molecule has 1 heterocycles. The van der Waals surface area contributed by atoms with Gasteiger partial charge in [0.2, 0.25) is 5.75 Å². The molecule has 0 saturated heterocycles. The molecular weight excluding hydrogens is 484 g/mol. The van der Waals surface area contributed by atoms with Crippen LogP contribution in [-0.2, 0) is 14.3 Å². The first kappa shape index (κ1) is 26.9. The first-order valence-electron chi connectivity index (χ1n) is 10.2. The Bertz CT molecular complexity index is 985. The molecular formula is C23H27ClN2O5S2. The molecule has 0 bridgehead atoms. The largest absolute Gasteiger partial charge is 0.493 e. The van der Waals surface area contributed by atoms with Crippen molar-refractivity contribution < 1.29 is 23.8 Å². The van der Waals surface area contributed by atoms with Crippen molar-refractivity contribution in [2.75, 3.05) is 13.7 Å². The second-order valence-corrected chi connectivity index (χ2v) is 9.02. The lowest BCUT2D eigenvalue weighted by molar-refractivity contribution is -0.148. The molecule has 33 heavy (non-hydrogen) atoms. The van der Waals surface area contributed by atoms with Gasteiger partial charge in [-0.15, -0.1) is 0 Å². The van der Waals surface area contributed by atoms with Crippen molar-refractivity contribution in [1.82, 2.24) is 10.3 Å². The highest BCUT2D eigenvalue weighted by Crippen LogP contribution is 2.31. The van der Waals surface area contributed by atoms with E-state index in [9.17, 15) is 9.59 Å². The van der Waals surface area contributed by atoms with Crippen LogP contribution in [0.15, 0.2) is 36.5 Å². The number of nitrogens with one attached hydrogen (secondary N) is 1. The number of carbonyl (C=O) groups excluding carboxylic acids is 2. The first-order chi connectivity index (χ1) is 15.6. The van der Waals surface area contributed by atoms with Crippen LogP contribution in [0.2, 0.25) is 5.02 Å². The van der Waals surface area contributed by atoms with Gasteiger partial charge in [0.25, 0.3) is 0 Å². The van der Waals surface area contributed by atoms with Crippen LogP contribution in [0.5, 0.6) is 11.5 Å². The summed E-state index contributed by atoms with van der Waals surface area (Å²) in [7, 11) is 1.43. The lowest BCUT2D eigenvalue weighted by Crippen LogP contribution is -2.34. The zero-order valence-electron chi connectivity index (χ0n) is 18.8. The van der Waals surface area contributed by atoms with E-state index in [0.29, 0.717) is 17.2 Å². The van der Waals surface area contributed by atoms with Gasteiger partial charge in [0.1, 0.15) is 23.3 Å². The number of pyridine rings is 1. The highest BCUT2D eigenvalue weighted by atomic mass is 35.5. The molecule has 0 fully saturated rings. The van der Waals surface area contributed by atoms with E-state index in [1.807, 2.05) is 26.0 Å². The molecule has 0 aliphatic rings. The van der Waals surface area contributed by atoms with Crippen molar-refractivity contribution in [2.45, 2.75) is 38.5 Å². The van der Waals surface area contributed by atoms with Crippen LogP contribution in [0.4, 0.5) is 0 Å². The summed E-state index contributed by atoms with van der Waals surface area (Å²) in [6, 6.07) is 8.81. The van der Waals surface area contributed by atoms with Crippen LogP contribution in [0.3, 0.4) is 0 Å². The number of thiocarbonyl (C=S) groups is 1. The molecule has 0 radical (unpaired) electrons. The van der Waals surface area contributed by atoms with Crippen LogP contribution < -0.4 is 14.8 Å². The van der Waals surface area contributed by atoms with Crippen molar-refractivity contribution in [3.05, 3.63) is 52.8 Å². The Labute approximate surface area is 209 Å². The number of thiol groups is 1. The Morgan fingerprint density at radius 3 is 2.45 bits per heavy atom. The maximum absolute atomic E-state index is 12.6. The topological polar surface area (TPSA) is 86.8 Å². The van der Waals surface area contributed by atoms with E-state index in [2.05, 4.69) is 10.3 Å². The molecule has 2 unspecified atom stereocenters. The van der Waals surface area contributed by atoms with Crippen molar-refractivity contribution in [2.24, 2.45) is 5.92 Å². The quantitative estimate of drug-likeness (QED) is 0.273. The third-order valence-electron chi connectivity index (χ3n) is 4.49.